The lowest BCUT2D eigenvalue weighted by Gasteiger charge is -2.15. The van der Waals surface area contributed by atoms with Crippen molar-refractivity contribution >= 4 is 5.69 Å². The van der Waals surface area contributed by atoms with E-state index in [9.17, 15) is 0 Å². The number of imidazole rings is 1. The van der Waals surface area contributed by atoms with Crippen molar-refractivity contribution in [3.05, 3.63) is 60.7 Å². The van der Waals surface area contributed by atoms with Gasteiger partial charge in [-0.05, 0) is 30.7 Å². The van der Waals surface area contributed by atoms with Crippen molar-refractivity contribution in [1.29, 1.82) is 0 Å². The highest BCUT2D eigenvalue weighted by atomic mass is 16.5. The molecule has 1 heterocycles. The molecule has 1 N–H and O–H groups in total. The van der Waals surface area contributed by atoms with E-state index >= 15 is 0 Å². The molecule has 0 saturated carbocycles. The van der Waals surface area contributed by atoms with Crippen LogP contribution in [0.1, 0.15) is 5.82 Å². The summed E-state index contributed by atoms with van der Waals surface area (Å²) in [4.78, 5) is 4.25. The summed E-state index contributed by atoms with van der Waals surface area (Å²) in [6.07, 6.45) is 3.82. The van der Waals surface area contributed by atoms with Crippen LogP contribution in [0.2, 0.25) is 0 Å². The quantitative estimate of drug-likeness (QED) is 0.708. The molecule has 5 heteroatoms. The second-order valence-electron chi connectivity index (χ2n) is 5.71. The Hall–Kier alpha value is -2.95. The molecule has 0 spiro atoms. The fourth-order valence-electron chi connectivity index (χ4n) is 2.84. The Labute approximate surface area is 148 Å². The molecule has 130 valence electrons. The molecule has 0 amide bonds. The van der Waals surface area contributed by atoms with Crippen LogP contribution < -0.4 is 14.8 Å². The van der Waals surface area contributed by atoms with Crippen LogP contribution >= 0.6 is 0 Å². The third-order valence-electron chi connectivity index (χ3n) is 4.21. The van der Waals surface area contributed by atoms with Crippen LogP contribution in [0.5, 0.6) is 11.5 Å². The van der Waals surface area contributed by atoms with Crippen molar-refractivity contribution < 1.29 is 9.47 Å². The summed E-state index contributed by atoms with van der Waals surface area (Å²) in [5, 5.41) is 3.52. The molecular formula is C20H23N3O2. The van der Waals surface area contributed by atoms with Gasteiger partial charge >= 0.3 is 0 Å². The van der Waals surface area contributed by atoms with Crippen molar-refractivity contribution in [3.63, 3.8) is 0 Å². The number of aromatic nitrogens is 2. The van der Waals surface area contributed by atoms with Crippen LogP contribution in [0, 0.1) is 6.92 Å². The van der Waals surface area contributed by atoms with Crippen molar-refractivity contribution in [1.82, 2.24) is 9.55 Å². The van der Waals surface area contributed by atoms with Crippen molar-refractivity contribution in [2.24, 2.45) is 0 Å². The van der Waals surface area contributed by atoms with E-state index in [1.807, 2.05) is 49.6 Å². The second-order valence-corrected chi connectivity index (χ2v) is 5.71. The lowest BCUT2D eigenvalue weighted by Crippen LogP contribution is -2.11. The van der Waals surface area contributed by atoms with Gasteiger partial charge in [-0.25, -0.2) is 4.98 Å². The first-order valence-corrected chi connectivity index (χ1v) is 8.26. The normalized spacial score (nSPS) is 10.5. The minimum Gasteiger partial charge on any atom is -0.493 e. The number of anilines is 1. The molecule has 3 aromatic rings. The van der Waals surface area contributed by atoms with E-state index in [2.05, 4.69) is 27.0 Å². The van der Waals surface area contributed by atoms with Crippen LogP contribution in [0.25, 0.3) is 11.1 Å². The van der Waals surface area contributed by atoms with Gasteiger partial charge in [-0.1, -0.05) is 24.3 Å². The molecule has 1 aromatic heterocycles. The zero-order chi connectivity index (χ0) is 17.6. The zero-order valence-corrected chi connectivity index (χ0v) is 14.8. The molecule has 0 atom stereocenters. The summed E-state index contributed by atoms with van der Waals surface area (Å²) < 4.78 is 12.9. The third-order valence-corrected chi connectivity index (χ3v) is 4.21. The van der Waals surface area contributed by atoms with Gasteiger partial charge in [0.15, 0.2) is 11.5 Å². The minimum atomic E-state index is 0.726. The van der Waals surface area contributed by atoms with E-state index in [0.717, 1.165) is 47.2 Å². The topological polar surface area (TPSA) is 48.3 Å². The van der Waals surface area contributed by atoms with Gasteiger partial charge in [-0.2, -0.15) is 0 Å². The summed E-state index contributed by atoms with van der Waals surface area (Å²) in [6, 6.07) is 14.2. The fraction of sp³-hybridized carbons (Fsp3) is 0.250. The van der Waals surface area contributed by atoms with E-state index in [1.165, 1.54) is 0 Å². The summed E-state index contributed by atoms with van der Waals surface area (Å²) in [5.74, 6) is 2.48. The van der Waals surface area contributed by atoms with Gasteiger partial charge in [0.2, 0.25) is 0 Å². The Morgan fingerprint density at radius 3 is 2.56 bits per heavy atom. The lowest BCUT2D eigenvalue weighted by atomic mass is 10.0. The number of para-hydroxylation sites is 1. The van der Waals surface area contributed by atoms with Gasteiger partial charge < -0.3 is 19.4 Å². The van der Waals surface area contributed by atoms with Gasteiger partial charge in [0.05, 0.1) is 14.2 Å². The van der Waals surface area contributed by atoms with E-state index in [0.29, 0.717) is 0 Å². The Balaban J connectivity index is 1.80. The number of nitrogens with zero attached hydrogens (tertiary/aromatic N) is 2. The van der Waals surface area contributed by atoms with Crippen molar-refractivity contribution in [3.8, 4) is 22.6 Å². The average Bonchev–Trinajstić information content (AvgIpc) is 3.06. The molecule has 0 bridgehead atoms. The molecular weight excluding hydrogens is 314 g/mol. The number of hydrogen-bond donors (Lipinski definition) is 1. The summed E-state index contributed by atoms with van der Waals surface area (Å²) in [6.45, 7) is 3.70. The number of ether oxygens (including phenoxy) is 2. The number of methoxy groups -OCH3 is 2. The molecule has 0 aliphatic carbocycles. The maximum absolute atomic E-state index is 5.43. The Bertz CT molecular complexity index is 842. The molecule has 0 unspecified atom stereocenters. The van der Waals surface area contributed by atoms with Crippen LogP contribution in [0.4, 0.5) is 5.69 Å². The Kier molecular flexibility index (Phi) is 5.23. The van der Waals surface area contributed by atoms with Crippen molar-refractivity contribution in [2.45, 2.75) is 13.5 Å². The Morgan fingerprint density at radius 2 is 1.84 bits per heavy atom. The first-order chi connectivity index (χ1) is 12.2. The molecule has 0 aliphatic heterocycles. The Morgan fingerprint density at radius 1 is 1.04 bits per heavy atom. The summed E-state index contributed by atoms with van der Waals surface area (Å²) >= 11 is 0. The number of rotatable bonds is 7. The standard InChI is InChI=1S/C20H23N3O2/c1-15-21-10-12-23(15)13-11-22-18-7-5-4-6-17(18)16-8-9-19(24-2)20(14-16)25-3/h4-10,12,14,22H,11,13H2,1-3H3. The molecule has 25 heavy (non-hydrogen) atoms. The lowest BCUT2D eigenvalue weighted by molar-refractivity contribution is 0.355. The molecule has 3 rings (SSSR count). The van der Waals surface area contributed by atoms with Crippen LogP contribution in [-0.4, -0.2) is 30.3 Å². The van der Waals surface area contributed by atoms with Crippen molar-refractivity contribution in [2.75, 3.05) is 26.1 Å². The van der Waals surface area contributed by atoms with Crippen LogP contribution in [-0.2, 0) is 6.54 Å². The summed E-state index contributed by atoms with van der Waals surface area (Å²) in [7, 11) is 3.30. The van der Waals surface area contributed by atoms with E-state index < -0.39 is 0 Å². The minimum absolute atomic E-state index is 0.726. The smallest absolute Gasteiger partial charge is 0.161 e. The zero-order valence-electron chi connectivity index (χ0n) is 14.8. The number of aryl methyl sites for hydroxylation is 1. The number of benzene rings is 2. The van der Waals surface area contributed by atoms with E-state index in [1.54, 1.807) is 14.2 Å². The van der Waals surface area contributed by atoms with Gasteiger partial charge in [0.1, 0.15) is 5.82 Å². The maximum atomic E-state index is 5.43. The molecule has 0 fully saturated rings. The second kappa shape index (κ2) is 7.75. The highest BCUT2D eigenvalue weighted by molar-refractivity contribution is 5.79. The monoisotopic (exact) mass is 337 g/mol. The van der Waals surface area contributed by atoms with Gasteiger partial charge in [0, 0.05) is 36.7 Å². The van der Waals surface area contributed by atoms with Crippen LogP contribution in [0.15, 0.2) is 54.9 Å². The highest BCUT2D eigenvalue weighted by Crippen LogP contribution is 2.35. The maximum Gasteiger partial charge on any atom is 0.161 e. The van der Waals surface area contributed by atoms with Crippen LogP contribution in [0.3, 0.4) is 0 Å². The molecule has 0 radical (unpaired) electrons. The molecule has 5 nitrogen and oxygen atoms in total. The average molecular weight is 337 g/mol. The first kappa shape index (κ1) is 16.9. The van der Waals surface area contributed by atoms with Gasteiger partial charge in [-0.3, -0.25) is 0 Å². The SMILES string of the molecule is COc1ccc(-c2ccccc2NCCn2ccnc2C)cc1OC. The highest BCUT2D eigenvalue weighted by Gasteiger charge is 2.09. The number of nitrogens with one attached hydrogen (secondary N) is 1. The molecule has 0 aliphatic rings. The third kappa shape index (κ3) is 3.76. The van der Waals surface area contributed by atoms with E-state index in [-0.39, 0.29) is 0 Å². The summed E-state index contributed by atoms with van der Waals surface area (Å²) in [5.41, 5.74) is 3.30. The predicted octanol–water partition coefficient (Wildman–Crippen LogP) is 3.99. The van der Waals surface area contributed by atoms with Gasteiger partial charge in [-0.15, -0.1) is 0 Å². The van der Waals surface area contributed by atoms with E-state index in [4.69, 9.17) is 9.47 Å². The predicted molar refractivity (Wildman–Crippen MR) is 100 cm³/mol. The molecule has 2 aromatic carbocycles. The fourth-order valence-corrected chi connectivity index (χ4v) is 2.84. The van der Waals surface area contributed by atoms with Gasteiger partial charge in [0.25, 0.3) is 0 Å². The molecule has 0 saturated heterocycles. The first-order valence-electron chi connectivity index (χ1n) is 8.26. The largest absolute Gasteiger partial charge is 0.493 e. The number of hydrogen-bond acceptors (Lipinski definition) is 4.